The van der Waals surface area contributed by atoms with E-state index in [0.29, 0.717) is 12.8 Å². The second-order valence-electron chi connectivity index (χ2n) is 22.6. The zero-order chi connectivity index (χ0) is 53.9. The highest BCUT2D eigenvalue weighted by Crippen LogP contribution is 2.30. The Morgan fingerprint density at radius 1 is 0.432 bits per heavy atom. The van der Waals surface area contributed by atoms with Crippen LogP contribution >= 0.6 is 0 Å². The molecule has 2 fully saturated rings. The van der Waals surface area contributed by atoms with Crippen LogP contribution in [-0.4, -0.2) is 140 Å². The molecule has 0 aromatic heterocycles. The molecule has 0 aliphatic carbocycles. The molecule has 440 valence electrons. The second kappa shape index (κ2) is 46.9. The van der Waals surface area contributed by atoms with E-state index in [0.717, 1.165) is 51.4 Å². The lowest BCUT2D eigenvalue weighted by molar-refractivity contribution is -0.359. The monoisotopic (exact) mass is 1060 g/mol. The van der Waals surface area contributed by atoms with Crippen LogP contribution in [0.3, 0.4) is 0 Å². The number of amides is 1. The average Bonchev–Trinajstić information content (AvgIpc) is 3.40. The highest BCUT2D eigenvalue weighted by atomic mass is 16.7. The summed E-state index contributed by atoms with van der Waals surface area (Å²) in [7, 11) is 0. The van der Waals surface area contributed by atoms with Gasteiger partial charge in [0.25, 0.3) is 0 Å². The number of ether oxygens (including phenoxy) is 4. The minimum absolute atomic E-state index is 0.200. The summed E-state index contributed by atoms with van der Waals surface area (Å²) in [4.78, 5) is 13.3. The molecule has 0 aromatic carbocycles. The van der Waals surface area contributed by atoms with Crippen molar-refractivity contribution in [2.45, 2.75) is 357 Å². The Balaban J connectivity index is 1.66. The first-order valence-electron chi connectivity index (χ1n) is 31.3. The van der Waals surface area contributed by atoms with E-state index in [1.54, 1.807) is 0 Å². The Labute approximate surface area is 451 Å². The van der Waals surface area contributed by atoms with E-state index in [-0.39, 0.29) is 12.5 Å². The average molecular weight is 1060 g/mol. The van der Waals surface area contributed by atoms with Crippen LogP contribution in [0, 0.1) is 0 Å². The molecular formula is C60H117NO13. The summed E-state index contributed by atoms with van der Waals surface area (Å²) < 4.78 is 22.8. The summed E-state index contributed by atoms with van der Waals surface area (Å²) in [5.41, 5.74) is 0. The molecule has 0 spiro atoms. The van der Waals surface area contributed by atoms with Gasteiger partial charge < -0.3 is 65.1 Å². The molecular weight excluding hydrogens is 943 g/mol. The van der Waals surface area contributed by atoms with Gasteiger partial charge in [-0.2, -0.15) is 0 Å². The van der Waals surface area contributed by atoms with Crippen molar-refractivity contribution in [2.75, 3.05) is 19.8 Å². The van der Waals surface area contributed by atoms with Gasteiger partial charge in [0.1, 0.15) is 48.8 Å². The number of unbranched alkanes of at least 4 members (excludes halogenated alkanes) is 38. The van der Waals surface area contributed by atoms with Crippen LogP contribution in [0.2, 0.25) is 0 Å². The standard InChI is InChI=1S/C60H117NO13/c1-3-5-7-9-11-13-15-17-18-19-20-21-22-23-24-25-26-27-28-29-30-32-34-36-38-40-42-44-52(65)61-48(49(64)43-41-39-37-35-33-31-16-14-12-10-8-6-4-2)47-71-59-57(70)55(68)58(51(46-63)73-59)74-60-56(69)54(67)53(66)50(45-62)72-60/h48-51,53-60,62-64,66-70H,3-47H2,1-2H3,(H,61,65). The van der Waals surface area contributed by atoms with Crippen molar-refractivity contribution in [3.8, 4) is 0 Å². The predicted octanol–water partition coefficient (Wildman–Crippen LogP) is 10.9. The lowest BCUT2D eigenvalue weighted by Crippen LogP contribution is -2.65. The van der Waals surface area contributed by atoms with Crippen molar-refractivity contribution < 1.29 is 64.6 Å². The van der Waals surface area contributed by atoms with E-state index in [1.165, 1.54) is 205 Å². The molecule has 2 rings (SSSR count). The lowest BCUT2D eigenvalue weighted by Gasteiger charge is -2.46. The number of aliphatic hydroxyl groups is 8. The normalized spacial score (nSPS) is 25.1. The number of hydrogen-bond acceptors (Lipinski definition) is 13. The van der Waals surface area contributed by atoms with Gasteiger partial charge >= 0.3 is 0 Å². The third kappa shape index (κ3) is 32.2. The Kier molecular flexibility index (Phi) is 43.8. The van der Waals surface area contributed by atoms with Crippen molar-refractivity contribution in [1.82, 2.24) is 5.32 Å². The zero-order valence-corrected chi connectivity index (χ0v) is 47.4. The number of carbonyl (C=O) groups excluding carboxylic acids is 1. The molecule has 14 heteroatoms. The summed E-state index contributed by atoms with van der Waals surface area (Å²) >= 11 is 0. The van der Waals surface area contributed by atoms with E-state index in [4.69, 9.17) is 18.9 Å². The third-order valence-electron chi connectivity index (χ3n) is 15.8. The summed E-state index contributed by atoms with van der Waals surface area (Å²) in [6.45, 7) is 2.89. The van der Waals surface area contributed by atoms with Crippen LogP contribution in [0.25, 0.3) is 0 Å². The third-order valence-corrected chi connectivity index (χ3v) is 15.8. The first-order chi connectivity index (χ1) is 36.1. The molecule has 2 heterocycles. The van der Waals surface area contributed by atoms with Gasteiger partial charge in [0.2, 0.25) is 5.91 Å². The van der Waals surface area contributed by atoms with Gasteiger partial charge in [0, 0.05) is 6.42 Å². The van der Waals surface area contributed by atoms with Gasteiger partial charge in [-0.25, -0.2) is 0 Å². The van der Waals surface area contributed by atoms with E-state index >= 15 is 0 Å². The van der Waals surface area contributed by atoms with Crippen LogP contribution in [0.15, 0.2) is 0 Å². The minimum Gasteiger partial charge on any atom is -0.394 e. The highest BCUT2D eigenvalue weighted by Gasteiger charge is 2.51. The maximum atomic E-state index is 13.3. The van der Waals surface area contributed by atoms with Crippen LogP contribution in [0.1, 0.15) is 284 Å². The van der Waals surface area contributed by atoms with Gasteiger partial charge in [-0.1, -0.05) is 264 Å². The van der Waals surface area contributed by atoms with Crippen molar-refractivity contribution in [1.29, 1.82) is 0 Å². The van der Waals surface area contributed by atoms with Crippen LogP contribution < -0.4 is 5.32 Å². The van der Waals surface area contributed by atoms with Crippen molar-refractivity contribution >= 4 is 5.91 Å². The maximum absolute atomic E-state index is 13.3. The fraction of sp³-hybridized carbons (Fsp3) is 0.983. The molecule has 1 amide bonds. The summed E-state index contributed by atoms with van der Waals surface area (Å²) in [6.07, 6.45) is 35.5. The fourth-order valence-corrected chi connectivity index (χ4v) is 10.8. The van der Waals surface area contributed by atoms with Crippen molar-refractivity contribution in [3.63, 3.8) is 0 Å². The van der Waals surface area contributed by atoms with Gasteiger partial charge in [-0.05, 0) is 12.8 Å². The first kappa shape index (κ1) is 69.1. The quantitative estimate of drug-likeness (QED) is 0.0259. The van der Waals surface area contributed by atoms with Gasteiger partial charge in [-0.15, -0.1) is 0 Å². The molecule has 0 aromatic rings. The van der Waals surface area contributed by atoms with Gasteiger partial charge in [0.05, 0.1) is 32.0 Å². The number of aliphatic hydroxyl groups excluding tert-OH is 8. The van der Waals surface area contributed by atoms with Gasteiger partial charge in [-0.3, -0.25) is 4.79 Å². The van der Waals surface area contributed by atoms with Crippen molar-refractivity contribution in [3.05, 3.63) is 0 Å². The Morgan fingerprint density at radius 2 is 0.770 bits per heavy atom. The van der Waals surface area contributed by atoms with E-state index < -0.39 is 86.8 Å². The Morgan fingerprint density at radius 3 is 1.15 bits per heavy atom. The number of rotatable bonds is 51. The van der Waals surface area contributed by atoms with Crippen LogP contribution in [0.5, 0.6) is 0 Å². The summed E-state index contributed by atoms with van der Waals surface area (Å²) in [6, 6.07) is -0.822. The molecule has 0 radical (unpaired) electrons. The maximum Gasteiger partial charge on any atom is 0.220 e. The summed E-state index contributed by atoms with van der Waals surface area (Å²) in [5.74, 6) is -0.200. The molecule has 12 unspecified atom stereocenters. The minimum atomic E-state index is -1.78. The van der Waals surface area contributed by atoms with E-state index in [1.807, 2.05) is 0 Å². The Hall–Kier alpha value is -1.01. The largest absolute Gasteiger partial charge is 0.394 e. The molecule has 12 atom stereocenters. The summed E-state index contributed by atoms with van der Waals surface area (Å²) in [5, 5.41) is 87.2. The topological polar surface area (TPSA) is 228 Å². The molecule has 14 nitrogen and oxygen atoms in total. The lowest BCUT2D eigenvalue weighted by atomic mass is 9.97. The predicted molar refractivity (Wildman–Crippen MR) is 296 cm³/mol. The van der Waals surface area contributed by atoms with E-state index in [9.17, 15) is 45.6 Å². The molecule has 9 N–H and O–H groups in total. The highest BCUT2D eigenvalue weighted by molar-refractivity contribution is 5.76. The van der Waals surface area contributed by atoms with E-state index in [2.05, 4.69) is 19.2 Å². The molecule has 2 aliphatic heterocycles. The second-order valence-corrected chi connectivity index (χ2v) is 22.6. The molecule has 74 heavy (non-hydrogen) atoms. The fourth-order valence-electron chi connectivity index (χ4n) is 10.8. The smallest absolute Gasteiger partial charge is 0.220 e. The SMILES string of the molecule is CCCCCCCCCCCCCCCCCCCCCCCCCCCCCC(=O)NC(COC1OC(CO)C(OC2OC(CO)C(O)C(O)C2O)C(O)C1O)C(O)CCCCCCCCCCCCCCC. The van der Waals surface area contributed by atoms with Crippen molar-refractivity contribution in [2.24, 2.45) is 0 Å². The van der Waals surface area contributed by atoms with Crippen LogP contribution in [-0.2, 0) is 23.7 Å². The number of hydrogen-bond donors (Lipinski definition) is 9. The Bertz CT molecular complexity index is 1250. The zero-order valence-electron chi connectivity index (χ0n) is 47.4. The number of carbonyl (C=O) groups is 1. The first-order valence-corrected chi connectivity index (χ1v) is 31.3. The van der Waals surface area contributed by atoms with Gasteiger partial charge in [0.15, 0.2) is 12.6 Å². The molecule has 0 saturated carbocycles. The van der Waals surface area contributed by atoms with Crippen LogP contribution in [0.4, 0.5) is 0 Å². The molecule has 2 saturated heterocycles. The number of nitrogens with one attached hydrogen (secondary N) is 1. The molecule has 2 aliphatic rings. The molecule has 0 bridgehead atoms.